The first-order valence-electron chi connectivity index (χ1n) is 6.39. The molecule has 2 aromatic heterocycles. The molecule has 0 unspecified atom stereocenters. The number of hydrogen-bond acceptors (Lipinski definition) is 5. The highest BCUT2D eigenvalue weighted by atomic mass is 32.1. The van der Waals surface area contributed by atoms with Gasteiger partial charge in [0, 0.05) is 17.8 Å². The normalized spacial score (nSPS) is 10.9. The summed E-state index contributed by atoms with van der Waals surface area (Å²) >= 11 is 1.42. The van der Waals surface area contributed by atoms with Crippen LogP contribution in [0.2, 0.25) is 0 Å². The number of carbonyl (C=O) groups excluding carboxylic acids is 1. The fraction of sp³-hybridized carbons (Fsp3) is 0.462. The fourth-order valence-electron chi connectivity index (χ4n) is 1.96. The summed E-state index contributed by atoms with van der Waals surface area (Å²) in [6.45, 7) is 2.20. The van der Waals surface area contributed by atoms with Crippen molar-refractivity contribution in [3.8, 4) is 0 Å². The van der Waals surface area contributed by atoms with Gasteiger partial charge in [-0.2, -0.15) is 0 Å². The first-order chi connectivity index (χ1) is 9.56. The molecule has 0 bridgehead atoms. The van der Waals surface area contributed by atoms with Gasteiger partial charge in [-0.15, -0.1) is 11.3 Å². The highest BCUT2D eigenvalue weighted by Gasteiger charge is 2.11. The molecule has 0 aliphatic heterocycles. The molecule has 1 N–H and O–H groups in total. The van der Waals surface area contributed by atoms with Crippen LogP contribution in [0.15, 0.2) is 15.7 Å². The van der Waals surface area contributed by atoms with Crippen LogP contribution in [0.3, 0.4) is 0 Å². The number of aromatic nitrogens is 2. The summed E-state index contributed by atoms with van der Waals surface area (Å²) in [5.74, 6) is -0.348. The molecule has 0 aliphatic rings. The number of rotatable bonds is 5. The second kappa shape index (κ2) is 6.04. The molecule has 0 saturated carbocycles. The first-order valence-corrected chi connectivity index (χ1v) is 7.20. The van der Waals surface area contributed by atoms with Crippen LogP contribution < -0.4 is 11.2 Å². The van der Waals surface area contributed by atoms with E-state index in [-0.39, 0.29) is 24.5 Å². The molecule has 6 nitrogen and oxygen atoms in total. The number of nitrogens with one attached hydrogen (secondary N) is 1. The van der Waals surface area contributed by atoms with Gasteiger partial charge in [0.1, 0.15) is 4.83 Å². The van der Waals surface area contributed by atoms with Crippen LogP contribution in [-0.4, -0.2) is 22.6 Å². The summed E-state index contributed by atoms with van der Waals surface area (Å²) in [7, 11) is 1.31. The molecule has 20 heavy (non-hydrogen) atoms. The Labute approximate surface area is 119 Å². The average Bonchev–Trinajstić information content (AvgIpc) is 2.85. The standard InChI is InChI=1S/C13H16N2O4S/c1-3-8-7-9-11(20-8)14-13(18)15(12(9)17)6-4-5-10(16)19-2/h7H,3-6H2,1-2H3,(H,14,18). The maximum atomic E-state index is 12.3. The van der Waals surface area contributed by atoms with Crippen molar-refractivity contribution in [2.45, 2.75) is 32.7 Å². The number of H-pyrrole nitrogens is 1. The molecule has 0 saturated heterocycles. The van der Waals surface area contributed by atoms with Crippen molar-refractivity contribution >= 4 is 27.5 Å². The highest BCUT2D eigenvalue weighted by molar-refractivity contribution is 7.18. The number of aromatic amines is 1. The number of hydrogen-bond donors (Lipinski definition) is 1. The van der Waals surface area contributed by atoms with E-state index in [2.05, 4.69) is 9.72 Å². The second-order valence-corrected chi connectivity index (χ2v) is 5.51. The molecular weight excluding hydrogens is 280 g/mol. The minimum absolute atomic E-state index is 0.185. The van der Waals surface area contributed by atoms with E-state index in [1.807, 2.05) is 13.0 Å². The Morgan fingerprint density at radius 1 is 1.45 bits per heavy atom. The number of carbonyl (C=O) groups is 1. The van der Waals surface area contributed by atoms with Crippen LogP contribution in [-0.2, 0) is 22.5 Å². The van der Waals surface area contributed by atoms with Gasteiger partial charge < -0.3 is 4.74 Å². The molecule has 2 aromatic rings. The molecule has 0 spiro atoms. The summed E-state index contributed by atoms with van der Waals surface area (Å²) in [6, 6.07) is 1.81. The zero-order valence-corrected chi connectivity index (χ0v) is 12.2. The summed E-state index contributed by atoms with van der Waals surface area (Å²) in [4.78, 5) is 39.6. The molecule has 2 rings (SSSR count). The number of thiophene rings is 1. The van der Waals surface area contributed by atoms with Crippen molar-refractivity contribution < 1.29 is 9.53 Å². The van der Waals surface area contributed by atoms with Crippen molar-refractivity contribution in [1.29, 1.82) is 0 Å². The molecule has 108 valence electrons. The van der Waals surface area contributed by atoms with Crippen LogP contribution in [0.5, 0.6) is 0 Å². The van der Waals surface area contributed by atoms with Gasteiger partial charge in [-0.25, -0.2) is 4.79 Å². The Balaban J connectivity index is 2.31. The lowest BCUT2D eigenvalue weighted by Gasteiger charge is -2.03. The minimum Gasteiger partial charge on any atom is -0.469 e. The smallest absolute Gasteiger partial charge is 0.329 e. The zero-order chi connectivity index (χ0) is 14.7. The molecule has 0 atom stereocenters. The van der Waals surface area contributed by atoms with Crippen LogP contribution in [0.4, 0.5) is 0 Å². The topological polar surface area (TPSA) is 81.2 Å². The third-order valence-electron chi connectivity index (χ3n) is 3.06. The molecule has 0 aromatic carbocycles. The van der Waals surface area contributed by atoms with Gasteiger partial charge in [-0.1, -0.05) is 6.92 Å². The van der Waals surface area contributed by atoms with Crippen LogP contribution in [0, 0.1) is 0 Å². The van der Waals surface area contributed by atoms with Gasteiger partial charge >= 0.3 is 11.7 Å². The molecule has 0 aliphatic carbocycles. The molecule has 0 amide bonds. The highest BCUT2D eigenvalue weighted by Crippen LogP contribution is 2.20. The first kappa shape index (κ1) is 14.5. The number of methoxy groups -OCH3 is 1. The Hall–Kier alpha value is -1.89. The predicted octanol–water partition coefficient (Wildman–Crippen LogP) is 1.27. The molecular formula is C13H16N2O4S. The van der Waals surface area contributed by atoms with Crippen molar-refractivity contribution in [3.63, 3.8) is 0 Å². The van der Waals surface area contributed by atoms with E-state index in [9.17, 15) is 14.4 Å². The van der Waals surface area contributed by atoms with E-state index < -0.39 is 5.69 Å². The van der Waals surface area contributed by atoms with Gasteiger partial charge in [-0.3, -0.25) is 19.1 Å². The maximum Gasteiger partial charge on any atom is 0.329 e. The molecule has 0 radical (unpaired) electrons. The van der Waals surface area contributed by atoms with E-state index in [0.29, 0.717) is 16.6 Å². The third kappa shape index (κ3) is 2.82. The van der Waals surface area contributed by atoms with Gasteiger partial charge in [0.05, 0.1) is 12.5 Å². The summed E-state index contributed by atoms with van der Waals surface area (Å²) in [6.07, 6.45) is 1.40. The SMILES string of the molecule is CCc1cc2c(=O)n(CCCC(=O)OC)c(=O)[nH]c2s1. The number of fused-ring (bicyclic) bond motifs is 1. The molecule has 7 heteroatoms. The van der Waals surface area contributed by atoms with Crippen LogP contribution in [0.25, 0.3) is 10.2 Å². The fourth-order valence-corrected chi connectivity index (χ4v) is 2.93. The third-order valence-corrected chi connectivity index (χ3v) is 4.26. The van der Waals surface area contributed by atoms with Crippen molar-refractivity contribution in [2.24, 2.45) is 0 Å². The largest absolute Gasteiger partial charge is 0.469 e. The van der Waals surface area contributed by atoms with E-state index >= 15 is 0 Å². The summed E-state index contributed by atoms with van der Waals surface area (Å²) in [5, 5.41) is 0.532. The van der Waals surface area contributed by atoms with Crippen LogP contribution >= 0.6 is 11.3 Å². The Bertz CT molecular complexity index is 741. The van der Waals surface area contributed by atoms with E-state index in [0.717, 1.165) is 15.9 Å². The lowest BCUT2D eigenvalue weighted by Crippen LogP contribution is -2.34. The lowest BCUT2D eigenvalue weighted by molar-refractivity contribution is -0.140. The molecule has 0 fully saturated rings. The van der Waals surface area contributed by atoms with Gasteiger partial charge in [0.2, 0.25) is 0 Å². The number of nitrogens with zero attached hydrogens (tertiary/aromatic N) is 1. The molecule has 2 heterocycles. The number of ether oxygens (including phenoxy) is 1. The van der Waals surface area contributed by atoms with Gasteiger partial charge in [0.15, 0.2) is 0 Å². The van der Waals surface area contributed by atoms with Gasteiger partial charge in [0.25, 0.3) is 5.56 Å². The van der Waals surface area contributed by atoms with Gasteiger partial charge in [-0.05, 0) is 18.9 Å². The Kier molecular flexibility index (Phi) is 4.39. The second-order valence-electron chi connectivity index (χ2n) is 4.38. The van der Waals surface area contributed by atoms with Crippen molar-refractivity contribution in [2.75, 3.05) is 7.11 Å². The van der Waals surface area contributed by atoms with Crippen LogP contribution in [0.1, 0.15) is 24.6 Å². The minimum atomic E-state index is -0.433. The summed E-state index contributed by atoms with van der Waals surface area (Å²) in [5.41, 5.74) is -0.735. The van der Waals surface area contributed by atoms with E-state index in [1.165, 1.54) is 18.4 Å². The quantitative estimate of drug-likeness (QED) is 0.842. The van der Waals surface area contributed by atoms with E-state index in [4.69, 9.17) is 0 Å². The maximum absolute atomic E-state index is 12.3. The predicted molar refractivity (Wildman–Crippen MR) is 77.3 cm³/mol. The number of esters is 1. The summed E-state index contributed by atoms with van der Waals surface area (Å²) < 4.78 is 5.66. The Morgan fingerprint density at radius 2 is 2.20 bits per heavy atom. The lowest BCUT2D eigenvalue weighted by atomic mass is 10.3. The van der Waals surface area contributed by atoms with Crippen molar-refractivity contribution in [3.05, 3.63) is 31.8 Å². The van der Waals surface area contributed by atoms with Crippen molar-refractivity contribution in [1.82, 2.24) is 9.55 Å². The van der Waals surface area contributed by atoms with E-state index in [1.54, 1.807) is 0 Å². The monoisotopic (exact) mass is 296 g/mol. The Morgan fingerprint density at radius 3 is 2.85 bits per heavy atom. The average molecular weight is 296 g/mol. The zero-order valence-electron chi connectivity index (χ0n) is 11.4. The number of aryl methyl sites for hydroxylation is 1.